The minimum absolute atomic E-state index is 0.107. The third-order valence-corrected chi connectivity index (χ3v) is 6.56. The van der Waals surface area contributed by atoms with Crippen LogP contribution in [-0.4, -0.2) is 41.4 Å². The van der Waals surface area contributed by atoms with Crippen LogP contribution in [0.2, 0.25) is 0 Å². The van der Waals surface area contributed by atoms with Crippen LogP contribution in [0.5, 0.6) is 0 Å². The van der Waals surface area contributed by atoms with Gasteiger partial charge in [0.25, 0.3) is 10.0 Å². The first-order valence-corrected chi connectivity index (χ1v) is 10.7. The normalized spacial score (nSPS) is 15.4. The fourth-order valence-corrected chi connectivity index (χ4v) is 4.64. The second kappa shape index (κ2) is 7.44. The van der Waals surface area contributed by atoms with E-state index in [2.05, 4.69) is 4.98 Å². The molecule has 0 unspecified atom stereocenters. The molecule has 30 heavy (non-hydrogen) atoms. The van der Waals surface area contributed by atoms with Gasteiger partial charge in [0.05, 0.1) is 29.1 Å². The summed E-state index contributed by atoms with van der Waals surface area (Å²) in [5, 5.41) is 0. The smallest absolute Gasteiger partial charge is 0.302 e. The van der Waals surface area contributed by atoms with E-state index < -0.39 is 21.8 Å². The molecule has 7 nitrogen and oxygen atoms in total. The Bertz CT molecular complexity index is 1250. The minimum Gasteiger partial charge on any atom is -0.377 e. The summed E-state index contributed by atoms with van der Waals surface area (Å²) in [7, 11) is -3.99. The van der Waals surface area contributed by atoms with Gasteiger partial charge in [0, 0.05) is 31.4 Å². The molecule has 0 N–H and O–H groups in total. The highest BCUT2D eigenvalue weighted by Gasteiger charge is 2.32. The summed E-state index contributed by atoms with van der Waals surface area (Å²) < 4.78 is 61.8. The summed E-state index contributed by atoms with van der Waals surface area (Å²) in [5.41, 5.74) is 1.74. The van der Waals surface area contributed by atoms with Gasteiger partial charge in [-0.05, 0) is 36.3 Å². The topological polar surface area (TPSA) is 83.2 Å². The van der Waals surface area contributed by atoms with Crippen LogP contribution in [0, 0.1) is 0 Å². The van der Waals surface area contributed by atoms with E-state index >= 15 is 0 Å². The molecule has 0 bridgehead atoms. The lowest BCUT2D eigenvalue weighted by atomic mass is 10.1. The molecular formula is C20H19F2N3O4S. The molecule has 2 aromatic heterocycles. The van der Waals surface area contributed by atoms with Crippen LogP contribution in [-0.2, 0) is 27.2 Å². The predicted molar refractivity (Wildman–Crippen MR) is 105 cm³/mol. The Morgan fingerprint density at radius 1 is 1.30 bits per heavy atom. The number of nitrogens with zero attached hydrogens (tertiary/aromatic N) is 3. The van der Waals surface area contributed by atoms with E-state index in [0.29, 0.717) is 31.4 Å². The average Bonchev–Trinajstić information content (AvgIpc) is 3.34. The van der Waals surface area contributed by atoms with Crippen molar-refractivity contribution in [2.45, 2.75) is 30.7 Å². The minimum atomic E-state index is -3.99. The zero-order valence-corrected chi connectivity index (χ0v) is 16.9. The fourth-order valence-electron chi connectivity index (χ4n) is 3.41. The standard InChI is InChI=1S/C20H19F2N3O4S/c1-20(21,22)19-23-17-10-16(30(27,28)24-7-4-15(11-24)13-26)2-3-18(17)25(19)12-14-5-8-29-9-6-14/h2-5,7,10-11,13H,6,8-9,12H2,1H3. The van der Waals surface area contributed by atoms with E-state index in [-0.39, 0.29) is 22.5 Å². The van der Waals surface area contributed by atoms with Crippen molar-refractivity contribution in [3.8, 4) is 0 Å². The van der Waals surface area contributed by atoms with Gasteiger partial charge in [0.1, 0.15) is 0 Å². The quantitative estimate of drug-likeness (QED) is 0.438. The third kappa shape index (κ3) is 3.68. The number of imidazole rings is 1. The Kier molecular flexibility index (Phi) is 5.07. The van der Waals surface area contributed by atoms with Gasteiger partial charge in [0.15, 0.2) is 12.1 Å². The maximum Gasteiger partial charge on any atom is 0.302 e. The Balaban J connectivity index is 1.81. The third-order valence-electron chi connectivity index (χ3n) is 4.93. The van der Waals surface area contributed by atoms with Crippen molar-refractivity contribution in [3.05, 3.63) is 59.7 Å². The molecule has 0 atom stereocenters. The molecule has 1 aliphatic heterocycles. The number of aldehydes is 1. The first-order chi connectivity index (χ1) is 14.2. The number of carbonyl (C=O) groups is 1. The molecule has 3 aromatic rings. The van der Waals surface area contributed by atoms with Gasteiger partial charge in [-0.1, -0.05) is 6.08 Å². The monoisotopic (exact) mass is 435 g/mol. The number of aromatic nitrogens is 3. The van der Waals surface area contributed by atoms with Crippen molar-refractivity contribution in [2.75, 3.05) is 13.2 Å². The number of alkyl halides is 2. The summed E-state index contributed by atoms with van der Waals surface area (Å²) in [6.07, 6.45) is 5.48. The largest absolute Gasteiger partial charge is 0.377 e. The number of fused-ring (bicyclic) bond motifs is 1. The van der Waals surface area contributed by atoms with Crippen molar-refractivity contribution >= 4 is 27.3 Å². The van der Waals surface area contributed by atoms with Crippen LogP contribution < -0.4 is 0 Å². The van der Waals surface area contributed by atoms with Gasteiger partial charge in [0.2, 0.25) is 0 Å². The van der Waals surface area contributed by atoms with E-state index in [1.54, 1.807) is 0 Å². The molecule has 0 aliphatic carbocycles. The van der Waals surface area contributed by atoms with Crippen molar-refractivity contribution < 1.29 is 26.7 Å². The van der Waals surface area contributed by atoms with Crippen LogP contribution >= 0.6 is 0 Å². The molecule has 0 spiro atoms. The second-order valence-corrected chi connectivity index (χ2v) is 8.99. The summed E-state index contributed by atoms with van der Waals surface area (Å²) in [6.45, 7) is 1.95. The van der Waals surface area contributed by atoms with E-state index in [1.807, 2.05) is 6.08 Å². The van der Waals surface area contributed by atoms with Crippen LogP contribution in [0.4, 0.5) is 8.78 Å². The summed E-state index contributed by atoms with van der Waals surface area (Å²) in [6, 6.07) is 5.48. The Labute approximate surface area is 171 Å². The second-order valence-electron chi connectivity index (χ2n) is 7.15. The SMILES string of the molecule is CC(F)(F)c1nc2cc(S(=O)(=O)n3ccc(C=O)c3)ccc2n1CC1=CCOCC1. The van der Waals surface area contributed by atoms with Crippen molar-refractivity contribution in [3.63, 3.8) is 0 Å². The molecule has 0 radical (unpaired) electrons. The van der Waals surface area contributed by atoms with Crippen molar-refractivity contribution in [1.29, 1.82) is 0 Å². The van der Waals surface area contributed by atoms with E-state index in [0.717, 1.165) is 16.5 Å². The molecule has 4 rings (SSSR count). The molecular weight excluding hydrogens is 416 g/mol. The number of hydrogen-bond donors (Lipinski definition) is 0. The summed E-state index contributed by atoms with van der Waals surface area (Å²) in [4.78, 5) is 14.8. The Morgan fingerprint density at radius 2 is 2.10 bits per heavy atom. The van der Waals surface area contributed by atoms with E-state index in [1.165, 1.54) is 41.2 Å². The Hall–Kier alpha value is -2.85. The van der Waals surface area contributed by atoms with Crippen LogP contribution in [0.1, 0.15) is 29.5 Å². The molecule has 0 fully saturated rings. The lowest BCUT2D eigenvalue weighted by Gasteiger charge is -2.18. The maximum atomic E-state index is 14.3. The number of benzene rings is 1. The van der Waals surface area contributed by atoms with Gasteiger partial charge in [-0.25, -0.2) is 17.4 Å². The molecule has 0 saturated heterocycles. The van der Waals surface area contributed by atoms with Gasteiger partial charge < -0.3 is 9.30 Å². The van der Waals surface area contributed by atoms with Crippen molar-refractivity contribution in [1.82, 2.24) is 13.5 Å². The zero-order chi connectivity index (χ0) is 21.5. The van der Waals surface area contributed by atoms with Gasteiger partial charge in [-0.15, -0.1) is 0 Å². The lowest BCUT2D eigenvalue weighted by molar-refractivity contribution is 0.00481. The van der Waals surface area contributed by atoms with Crippen LogP contribution in [0.25, 0.3) is 11.0 Å². The first kappa shape index (κ1) is 20.4. The van der Waals surface area contributed by atoms with E-state index in [4.69, 9.17) is 4.74 Å². The van der Waals surface area contributed by atoms with Gasteiger partial charge in [-0.3, -0.25) is 4.79 Å². The number of rotatable bonds is 6. The summed E-state index contributed by atoms with van der Waals surface area (Å²) in [5.74, 6) is -3.63. The number of halogens is 2. The van der Waals surface area contributed by atoms with Crippen LogP contribution in [0.15, 0.2) is 53.2 Å². The number of carbonyl (C=O) groups excluding carboxylic acids is 1. The molecule has 0 saturated carbocycles. The van der Waals surface area contributed by atoms with Gasteiger partial charge >= 0.3 is 5.92 Å². The molecule has 10 heteroatoms. The first-order valence-electron chi connectivity index (χ1n) is 9.23. The van der Waals surface area contributed by atoms with Gasteiger partial charge in [-0.2, -0.15) is 8.78 Å². The van der Waals surface area contributed by atoms with Crippen molar-refractivity contribution in [2.24, 2.45) is 0 Å². The molecule has 1 aromatic carbocycles. The molecule has 3 heterocycles. The molecule has 1 aliphatic rings. The lowest BCUT2D eigenvalue weighted by Crippen LogP contribution is -2.18. The number of hydrogen-bond acceptors (Lipinski definition) is 5. The Morgan fingerprint density at radius 3 is 2.73 bits per heavy atom. The van der Waals surface area contributed by atoms with E-state index in [9.17, 15) is 22.0 Å². The highest BCUT2D eigenvalue weighted by molar-refractivity contribution is 7.90. The number of ether oxygens (including phenoxy) is 1. The zero-order valence-electron chi connectivity index (χ0n) is 16.1. The van der Waals surface area contributed by atoms with Crippen LogP contribution in [0.3, 0.4) is 0 Å². The fraction of sp³-hybridized carbons (Fsp3) is 0.300. The highest BCUT2D eigenvalue weighted by Crippen LogP contribution is 2.32. The molecule has 158 valence electrons. The summed E-state index contributed by atoms with van der Waals surface area (Å²) >= 11 is 0. The average molecular weight is 435 g/mol. The molecule has 0 amide bonds. The highest BCUT2D eigenvalue weighted by atomic mass is 32.2. The maximum absolute atomic E-state index is 14.3. The predicted octanol–water partition coefficient (Wildman–Crippen LogP) is 3.35.